The molecule has 0 saturated heterocycles. The third kappa shape index (κ3) is 2.01. The molecule has 0 atom stereocenters. The minimum atomic E-state index is 0.851. The molecule has 0 spiro atoms. The smallest absolute Gasteiger partial charge is 0.125 e. The van der Waals surface area contributed by atoms with Gasteiger partial charge in [0.05, 0.1) is 0 Å². The van der Waals surface area contributed by atoms with Gasteiger partial charge in [-0.15, -0.1) is 0 Å². The van der Waals surface area contributed by atoms with E-state index in [2.05, 4.69) is 22.2 Å². The summed E-state index contributed by atoms with van der Waals surface area (Å²) in [7, 11) is 1.93. The minimum absolute atomic E-state index is 0.851. The van der Waals surface area contributed by atoms with Crippen LogP contribution in [-0.2, 0) is 13.0 Å². The Labute approximate surface area is 73.2 Å². The molecule has 66 valence electrons. The first-order valence-electron chi connectivity index (χ1n) is 4.24. The SMILES string of the molecule is CCc1nc(C)ncc1CNC. The molecule has 1 aromatic heterocycles. The van der Waals surface area contributed by atoms with Gasteiger partial charge in [-0.3, -0.25) is 0 Å². The third-order valence-electron chi connectivity index (χ3n) is 1.78. The van der Waals surface area contributed by atoms with Crippen LogP contribution in [0.15, 0.2) is 6.20 Å². The Bertz CT molecular complexity index is 258. The Morgan fingerprint density at radius 2 is 2.25 bits per heavy atom. The van der Waals surface area contributed by atoms with E-state index >= 15 is 0 Å². The van der Waals surface area contributed by atoms with Gasteiger partial charge in [0.15, 0.2) is 0 Å². The highest BCUT2D eigenvalue weighted by Crippen LogP contribution is 2.05. The van der Waals surface area contributed by atoms with Gasteiger partial charge in [0.25, 0.3) is 0 Å². The number of aryl methyl sites for hydroxylation is 2. The second-order valence-corrected chi connectivity index (χ2v) is 2.77. The minimum Gasteiger partial charge on any atom is -0.316 e. The summed E-state index contributed by atoms with van der Waals surface area (Å²) in [4.78, 5) is 8.51. The summed E-state index contributed by atoms with van der Waals surface area (Å²) >= 11 is 0. The summed E-state index contributed by atoms with van der Waals surface area (Å²) < 4.78 is 0. The predicted molar refractivity (Wildman–Crippen MR) is 48.9 cm³/mol. The lowest BCUT2D eigenvalue weighted by Gasteiger charge is -2.05. The van der Waals surface area contributed by atoms with Crippen molar-refractivity contribution in [2.24, 2.45) is 0 Å². The summed E-state index contributed by atoms with van der Waals surface area (Å²) in [6, 6.07) is 0. The molecule has 1 rings (SSSR count). The van der Waals surface area contributed by atoms with E-state index in [1.807, 2.05) is 20.2 Å². The third-order valence-corrected chi connectivity index (χ3v) is 1.78. The maximum Gasteiger partial charge on any atom is 0.125 e. The standard InChI is InChI=1S/C9H15N3/c1-4-9-8(5-10-3)6-11-7(2)12-9/h6,10H,4-5H2,1-3H3. The van der Waals surface area contributed by atoms with Crippen LogP contribution in [0.5, 0.6) is 0 Å². The first-order chi connectivity index (χ1) is 5.77. The normalized spacial score (nSPS) is 10.2. The van der Waals surface area contributed by atoms with E-state index in [4.69, 9.17) is 0 Å². The maximum absolute atomic E-state index is 4.36. The fourth-order valence-electron chi connectivity index (χ4n) is 1.19. The molecule has 1 heterocycles. The van der Waals surface area contributed by atoms with E-state index in [1.54, 1.807) is 0 Å². The zero-order valence-corrected chi connectivity index (χ0v) is 7.89. The van der Waals surface area contributed by atoms with Crippen LogP contribution in [0.1, 0.15) is 24.0 Å². The lowest BCUT2D eigenvalue weighted by Crippen LogP contribution is -2.10. The average molecular weight is 165 g/mol. The fourth-order valence-corrected chi connectivity index (χ4v) is 1.19. The van der Waals surface area contributed by atoms with E-state index in [1.165, 1.54) is 5.56 Å². The van der Waals surface area contributed by atoms with Crippen LogP contribution >= 0.6 is 0 Å². The van der Waals surface area contributed by atoms with E-state index in [-0.39, 0.29) is 0 Å². The molecule has 3 nitrogen and oxygen atoms in total. The van der Waals surface area contributed by atoms with Crippen LogP contribution < -0.4 is 5.32 Å². The quantitative estimate of drug-likeness (QED) is 0.728. The zero-order chi connectivity index (χ0) is 8.97. The average Bonchev–Trinajstić information content (AvgIpc) is 2.08. The molecule has 0 aliphatic rings. The Morgan fingerprint density at radius 3 is 2.83 bits per heavy atom. The van der Waals surface area contributed by atoms with Gasteiger partial charge in [0.1, 0.15) is 5.82 Å². The van der Waals surface area contributed by atoms with Crippen LogP contribution in [0, 0.1) is 6.92 Å². The van der Waals surface area contributed by atoms with E-state index in [0.717, 1.165) is 24.5 Å². The molecular formula is C9H15N3. The van der Waals surface area contributed by atoms with Crippen LogP contribution in [0.3, 0.4) is 0 Å². The highest BCUT2D eigenvalue weighted by atomic mass is 14.9. The Kier molecular flexibility index (Phi) is 3.17. The van der Waals surface area contributed by atoms with Gasteiger partial charge in [-0.25, -0.2) is 9.97 Å². The van der Waals surface area contributed by atoms with Gasteiger partial charge in [-0.2, -0.15) is 0 Å². The second-order valence-electron chi connectivity index (χ2n) is 2.77. The number of hydrogen-bond donors (Lipinski definition) is 1. The summed E-state index contributed by atoms with van der Waals surface area (Å²) in [5.74, 6) is 0.853. The molecule has 0 unspecified atom stereocenters. The van der Waals surface area contributed by atoms with Gasteiger partial charge < -0.3 is 5.32 Å². The lowest BCUT2D eigenvalue weighted by atomic mass is 10.2. The monoisotopic (exact) mass is 165 g/mol. The van der Waals surface area contributed by atoms with Crippen molar-refractivity contribution in [3.8, 4) is 0 Å². The van der Waals surface area contributed by atoms with E-state index < -0.39 is 0 Å². The number of aromatic nitrogens is 2. The number of hydrogen-bond acceptors (Lipinski definition) is 3. The molecule has 0 radical (unpaired) electrons. The molecule has 0 bridgehead atoms. The molecule has 0 aliphatic heterocycles. The summed E-state index contributed by atoms with van der Waals surface area (Å²) in [6.45, 7) is 4.88. The van der Waals surface area contributed by atoms with Crippen molar-refractivity contribution in [2.75, 3.05) is 7.05 Å². The van der Waals surface area contributed by atoms with Crippen LogP contribution in [-0.4, -0.2) is 17.0 Å². The largest absolute Gasteiger partial charge is 0.316 e. The Hall–Kier alpha value is -0.960. The highest BCUT2D eigenvalue weighted by Gasteiger charge is 2.01. The molecule has 1 aromatic rings. The van der Waals surface area contributed by atoms with Crippen molar-refractivity contribution >= 4 is 0 Å². The van der Waals surface area contributed by atoms with Crippen molar-refractivity contribution in [1.82, 2.24) is 15.3 Å². The first-order valence-corrected chi connectivity index (χ1v) is 4.24. The van der Waals surface area contributed by atoms with Crippen LogP contribution in [0.2, 0.25) is 0 Å². The second kappa shape index (κ2) is 4.16. The number of nitrogens with zero attached hydrogens (tertiary/aromatic N) is 2. The Balaban J connectivity index is 2.94. The molecule has 1 N–H and O–H groups in total. The molecule has 12 heavy (non-hydrogen) atoms. The maximum atomic E-state index is 4.36. The van der Waals surface area contributed by atoms with Crippen molar-refractivity contribution in [1.29, 1.82) is 0 Å². The van der Waals surface area contributed by atoms with Crippen LogP contribution in [0.4, 0.5) is 0 Å². The Morgan fingerprint density at radius 1 is 1.50 bits per heavy atom. The molecule has 0 aliphatic carbocycles. The van der Waals surface area contributed by atoms with Crippen molar-refractivity contribution in [3.05, 3.63) is 23.3 Å². The molecule has 0 aromatic carbocycles. The molecular weight excluding hydrogens is 150 g/mol. The molecule has 0 amide bonds. The fraction of sp³-hybridized carbons (Fsp3) is 0.556. The van der Waals surface area contributed by atoms with Crippen molar-refractivity contribution < 1.29 is 0 Å². The van der Waals surface area contributed by atoms with Gasteiger partial charge in [-0.05, 0) is 20.4 Å². The van der Waals surface area contributed by atoms with E-state index in [9.17, 15) is 0 Å². The number of rotatable bonds is 3. The van der Waals surface area contributed by atoms with Crippen LogP contribution in [0.25, 0.3) is 0 Å². The summed E-state index contributed by atoms with van der Waals surface area (Å²) in [5.41, 5.74) is 2.35. The van der Waals surface area contributed by atoms with E-state index in [0.29, 0.717) is 0 Å². The van der Waals surface area contributed by atoms with Gasteiger partial charge >= 0.3 is 0 Å². The van der Waals surface area contributed by atoms with Crippen molar-refractivity contribution in [3.63, 3.8) is 0 Å². The van der Waals surface area contributed by atoms with Gasteiger partial charge in [0.2, 0.25) is 0 Å². The summed E-state index contributed by atoms with van der Waals surface area (Å²) in [5, 5.41) is 3.10. The molecule has 3 heteroatoms. The summed E-state index contributed by atoms with van der Waals surface area (Å²) in [6.07, 6.45) is 2.87. The predicted octanol–water partition coefficient (Wildman–Crippen LogP) is 1.07. The highest BCUT2D eigenvalue weighted by molar-refractivity contribution is 5.17. The first kappa shape index (κ1) is 9.13. The van der Waals surface area contributed by atoms with Gasteiger partial charge in [0, 0.05) is 24.0 Å². The van der Waals surface area contributed by atoms with Crippen molar-refractivity contribution in [2.45, 2.75) is 26.8 Å². The lowest BCUT2D eigenvalue weighted by molar-refractivity contribution is 0.778. The molecule has 0 saturated carbocycles. The van der Waals surface area contributed by atoms with Gasteiger partial charge in [-0.1, -0.05) is 6.92 Å². The zero-order valence-electron chi connectivity index (χ0n) is 7.89. The molecule has 0 fully saturated rings. The number of nitrogens with one attached hydrogen (secondary N) is 1. The topological polar surface area (TPSA) is 37.8 Å².